The molecule has 2 heterocycles. The molecule has 0 unspecified atom stereocenters. The van der Waals surface area contributed by atoms with Gasteiger partial charge >= 0.3 is 0 Å². The van der Waals surface area contributed by atoms with Crippen LogP contribution in [0.4, 0.5) is 11.4 Å². The van der Waals surface area contributed by atoms with E-state index in [1.165, 1.54) is 0 Å². The Morgan fingerprint density at radius 3 is 1.67 bits per heavy atom. The summed E-state index contributed by atoms with van der Waals surface area (Å²) in [5, 5.41) is 0. The molecule has 0 aliphatic heterocycles. The van der Waals surface area contributed by atoms with Crippen molar-refractivity contribution in [2.45, 2.75) is 4.75 Å². The van der Waals surface area contributed by atoms with Gasteiger partial charge in [-0.25, -0.2) is 0 Å². The number of rotatable bonds is 3. The molecular weight excluding hydrogens is 264 g/mol. The number of aromatic nitrogens is 2. The van der Waals surface area contributed by atoms with E-state index in [9.17, 15) is 0 Å². The van der Waals surface area contributed by atoms with E-state index < -0.39 is 4.75 Å². The summed E-state index contributed by atoms with van der Waals surface area (Å²) in [4.78, 5) is 8.60. The van der Waals surface area contributed by atoms with Crippen molar-refractivity contribution in [3.63, 3.8) is 0 Å². The molecule has 2 rings (SSSR count). The van der Waals surface area contributed by atoms with Crippen molar-refractivity contribution in [2.24, 2.45) is 0 Å². The molecule has 0 radical (unpaired) electrons. The lowest BCUT2D eigenvalue weighted by atomic mass is 10.0. The van der Waals surface area contributed by atoms with Crippen LogP contribution in [-0.2, 0) is 4.75 Å². The first-order valence-electron chi connectivity index (χ1n) is 5.33. The van der Waals surface area contributed by atoms with Gasteiger partial charge in [0.05, 0.1) is 35.2 Å². The van der Waals surface area contributed by atoms with Gasteiger partial charge in [-0.05, 0) is 24.3 Å². The minimum Gasteiger partial charge on any atom is -0.397 e. The Balaban J connectivity index is 2.47. The lowest BCUT2D eigenvalue weighted by molar-refractivity contribution is 0.786. The number of hydrogen-bond donors (Lipinski definition) is 4. The third kappa shape index (κ3) is 2.39. The quantitative estimate of drug-likeness (QED) is 0.645. The monoisotopic (exact) mass is 278 g/mol. The molecule has 6 heteroatoms. The van der Waals surface area contributed by atoms with Crippen LogP contribution < -0.4 is 11.5 Å². The largest absolute Gasteiger partial charge is 0.397 e. The lowest BCUT2D eigenvalue weighted by Gasteiger charge is -2.25. The highest BCUT2D eigenvalue weighted by Crippen LogP contribution is 2.35. The average Bonchev–Trinajstić information content (AvgIpc) is 2.39. The Labute approximate surface area is 117 Å². The van der Waals surface area contributed by atoms with Crippen LogP contribution in [0.2, 0.25) is 0 Å². The number of nitrogens with two attached hydrogens (primary N) is 2. The summed E-state index contributed by atoms with van der Waals surface area (Å²) in [5.74, 6) is 0.462. The maximum Gasteiger partial charge on any atom is 0.106 e. The van der Waals surface area contributed by atoms with Crippen molar-refractivity contribution in [1.29, 1.82) is 0 Å². The molecule has 94 valence electrons. The highest BCUT2D eigenvalue weighted by Gasteiger charge is 2.31. The first-order chi connectivity index (χ1) is 8.56. The number of pyridine rings is 2. The van der Waals surface area contributed by atoms with Crippen molar-refractivity contribution in [3.8, 4) is 0 Å². The van der Waals surface area contributed by atoms with Gasteiger partial charge in [-0.15, -0.1) is 0 Å². The highest BCUT2D eigenvalue weighted by atomic mass is 32.1. The predicted octanol–water partition coefficient (Wildman–Crippen LogP) is 1.74. The van der Waals surface area contributed by atoms with E-state index in [2.05, 4.69) is 35.2 Å². The topological polar surface area (TPSA) is 77.8 Å². The summed E-state index contributed by atoms with van der Waals surface area (Å²) in [5.41, 5.74) is 14.0. The Morgan fingerprint density at radius 1 is 0.944 bits per heavy atom. The molecule has 0 aromatic carbocycles. The van der Waals surface area contributed by atoms with Crippen LogP contribution in [0.25, 0.3) is 0 Å². The van der Waals surface area contributed by atoms with Gasteiger partial charge in [0, 0.05) is 5.75 Å². The second kappa shape index (κ2) is 5.07. The Bertz CT molecular complexity index is 479. The van der Waals surface area contributed by atoms with E-state index in [0.717, 1.165) is 11.4 Å². The summed E-state index contributed by atoms with van der Waals surface area (Å²) in [6.45, 7) is 0. The van der Waals surface area contributed by atoms with Crippen LogP contribution in [0.3, 0.4) is 0 Å². The van der Waals surface area contributed by atoms with Gasteiger partial charge in [-0.3, -0.25) is 9.97 Å². The Kier molecular flexibility index (Phi) is 3.68. The molecule has 4 N–H and O–H groups in total. The van der Waals surface area contributed by atoms with Crippen LogP contribution in [0.15, 0.2) is 36.7 Å². The third-order valence-electron chi connectivity index (χ3n) is 2.65. The fraction of sp³-hybridized carbons (Fsp3) is 0.167. The Hall–Kier alpha value is -1.40. The molecule has 2 aromatic heterocycles. The minimum absolute atomic E-state index is 0.462. The normalized spacial score (nSPS) is 11.4. The molecule has 0 bridgehead atoms. The van der Waals surface area contributed by atoms with Crippen molar-refractivity contribution >= 4 is 36.6 Å². The summed E-state index contributed by atoms with van der Waals surface area (Å²) in [6, 6.07) is 7.23. The van der Waals surface area contributed by atoms with Gasteiger partial charge in [0.1, 0.15) is 4.75 Å². The number of nitrogens with zero attached hydrogens (tertiary/aromatic N) is 2. The molecule has 0 aliphatic carbocycles. The lowest BCUT2D eigenvalue weighted by Crippen LogP contribution is -2.25. The predicted molar refractivity (Wildman–Crippen MR) is 80.9 cm³/mol. The zero-order valence-corrected chi connectivity index (χ0v) is 11.4. The first-order valence-corrected chi connectivity index (χ1v) is 6.41. The summed E-state index contributed by atoms with van der Waals surface area (Å²) < 4.78 is -0.662. The van der Waals surface area contributed by atoms with Crippen LogP contribution in [-0.4, -0.2) is 15.7 Å². The second-order valence-electron chi connectivity index (χ2n) is 3.97. The van der Waals surface area contributed by atoms with Crippen LogP contribution in [0.1, 0.15) is 11.4 Å². The van der Waals surface area contributed by atoms with E-state index in [1.54, 1.807) is 24.5 Å². The second-order valence-corrected chi connectivity index (χ2v) is 5.05. The number of anilines is 2. The van der Waals surface area contributed by atoms with Crippen molar-refractivity contribution in [3.05, 3.63) is 48.0 Å². The fourth-order valence-electron chi connectivity index (χ4n) is 1.59. The van der Waals surface area contributed by atoms with Crippen LogP contribution >= 0.6 is 25.3 Å². The summed E-state index contributed by atoms with van der Waals surface area (Å²) in [6.07, 6.45) is 3.20. The van der Waals surface area contributed by atoms with Gasteiger partial charge in [0.15, 0.2) is 0 Å². The molecule has 2 aromatic rings. The smallest absolute Gasteiger partial charge is 0.106 e. The summed E-state index contributed by atoms with van der Waals surface area (Å²) >= 11 is 9.04. The molecular formula is C12H14N4S2. The van der Waals surface area contributed by atoms with Gasteiger partial charge in [-0.2, -0.15) is 25.3 Å². The van der Waals surface area contributed by atoms with E-state index in [1.807, 2.05) is 12.1 Å². The molecule has 0 fully saturated rings. The number of hydrogen-bond acceptors (Lipinski definition) is 6. The maximum atomic E-state index is 5.63. The zero-order chi connectivity index (χ0) is 13.2. The Morgan fingerprint density at radius 2 is 1.39 bits per heavy atom. The number of thiol groups is 2. The van der Waals surface area contributed by atoms with Crippen molar-refractivity contribution in [2.75, 3.05) is 17.2 Å². The van der Waals surface area contributed by atoms with Crippen LogP contribution in [0, 0.1) is 0 Å². The molecule has 18 heavy (non-hydrogen) atoms. The van der Waals surface area contributed by atoms with Gasteiger partial charge in [-0.1, -0.05) is 0 Å². The van der Waals surface area contributed by atoms with Crippen molar-refractivity contribution < 1.29 is 0 Å². The van der Waals surface area contributed by atoms with E-state index >= 15 is 0 Å². The SMILES string of the molecule is Nc1ccc(C(S)(CS)c2ccc(N)cn2)nc1. The minimum atomic E-state index is -0.662. The molecule has 0 aliphatic rings. The third-order valence-corrected chi connectivity index (χ3v) is 3.99. The van der Waals surface area contributed by atoms with Crippen LogP contribution in [0.5, 0.6) is 0 Å². The van der Waals surface area contributed by atoms with Gasteiger partial charge < -0.3 is 11.5 Å². The molecule has 0 saturated carbocycles. The molecule has 4 nitrogen and oxygen atoms in total. The molecule has 0 saturated heterocycles. The van der Waals surface area contributed by atoms with E-state index in [4.69, 9.17) is 11.5 Å². The number of nitrogen functional groups attached to an aromatic ring is 2. The first kappa shape index (κ1) is 13.0. The standard InChI is InChI=1S/C12H14N4S2/c13-8-1-3-10(15-5-8)12(18,7-17)11-4-2-9(14)6-16-11/h1-6,17-18H,7,13-14H2. The average molecular weight is 278 g/mol. The van der Waals surface area contributed by atoms with Gasteiger partial charge in [0.2, 0.25) is 0 Å². The van der Waals surface area contributed by atoms with Crippen molar-refractivity contribution in [1.82, 2.24) is 9.97 Å². The summed E-state index contributed by atoms with van der Waals surface area (Å²) in [7, 11) is 0. The zero-order valence-electron chi connectivity index (χ0n) is 9.61. The highest BCUT2D eigenvalue weighted by molar-refractivity contribution is 7.85. The van der Waals surface area contributed by atoms with Gasteiger partial charge in [0.25, 0.3) is 0 Å². The fourth-order valence-corrected chi connectivity index (χ4v) is 2.18. The molecule has 0 spiro atoms. The van der Waals surface area contributed by atoms with E-state index in [0.29, 0.717) is 17.1 Å². The maximum absolute atomic E-state index is 5.63. The molecule has 0 amide bonds. The van der Waals surface area contributed by atoms with E-state index in [-0.39, 0.29) is 0 Å². The molecule has 0 atom stereocenters.